The van der Waals surface area contributed by atoms with Crippen LogP contribution in [-0.4, -0.2) is 12.5 Å². The third-order valence-electron chi connectivity index (χ3n) is 6.61. The van der Waals surface area contributed by atoms with Crippen molar-refractivity contribution in [2.75, 3.05) is 0 Å². The molecule has 0 N–H and O–H groups in total. The molecule has 25 heavy (non-hydrogen) atoms. The van der Waals surface area contributed by atoms with E-state index in [1.807, 2.05) is 0 Å². The highest BCUT2D eigenvalue weighted by Crippen LogP contribution is 2.45. The highest BCUT2D eigenvalue weighted by atomic mass is 28.3. The topological polar surface area (TPSA) is 4.93 Å². The van der Waals surface area contributed by atoms with Crippen LogP contribution in [0.15, 0.2) is 42.6 Å². The van der Waals surface area contributed by atoms with Gasteiger partial charge in [-0.05, 0) is 59.8 Å². The molecule has 136 valence electrons. The van der Waals surface area contributed by atoms with E-state index in [4.69, 9.17) is 0 Å². The van der Waals surface area contributed by atoms with Crippen LogP contribution in [0, 0.1) is 0 Å². The Labute approximate surface area is 155 Å². The summed E-state index contributed by atoms with van der Waals surface area (Å²) in [7, 11) is -1.69. The fourth-order valence-corrected chi connectivity index (χ4v) is 12.4. The van der Waals surface area contributed by atoms with Gasteiger partial charge in [-0.15, -0.1) is 0 Å². The molecule has 1 aromatic heterocycles. The summed E-state index contributed by atoms with van der Waals surface area (Å²) < 4.78 is 2.75. The Morgan fingerprint density at radius 2 is 1.64 bits per heavy atom. The molecular formula is C23H35NSi. The molecule has 0 radical (unpaired) electrons. The number of aromatic nitrogens is 1. The zero-order valence-corrected chi connectivity index (χ0v) is 17.9. The average molecular weight is 354 g/mol. The largest absolute Gasteiger partial charge is 0.373 e. The molecule has 0 spiro atoms. The molecule has 0 bridgehead atoms. The van der Waals surface area contributed by atoms with E-state index in [9.17, 15) is 0 Å². The summed E-state index contributed by atoms with van der Waals surface area (Å²) in [6.45, 7) is 14.7. The summed E-state index contributed by atoms with van der Waals surface area (Å²) in [5, 5.41) is 1.48. The van der Waals surface area contributed by atoms with Crippen LogP contribution in [0.3, 0.4) is 0 Å². The van der Waals surface area contributed by atoms with Gasteiger partial charge in [0.1, 0.15) is 0 Å². The maximum atomic E-state index is 2.75. The van der Waals surface area contributed by atoms with Gasteiger partial charge in [0.15, 0.2) is 8.24 Å². The number of hydrogen-bond donors (Lipinski definition) is 0. The minimum absolute atomic E-state index is 0.599. The normalized spacial score (nSPS) is 18.8. The molecule has 3 rings (SSSR count). The van der Waals surface area contributed by atoms with Crippen LogP contribution in [0.2, 0.25) is 16.6 Å². The van der Waals surface area contributed by atoms with Crippen molar-refractivity contribution in [2.24, 2.45) is 0 Å². The van der Waals surface area contributed by atoms with Crippen LogP contribution in [0.25, 0.3) is 10.9 Å². The zero-order valence-electron chi connectivity index (χ0n) is 16.9. The first-order valence-electron chi connectivity index (χ1n) is 10.2. The molecule has 1 atom stereocenters. The SMILES string of the molecule is CC(C)[Si](C(C)C)(C(C)C)n1ccc2c(C3C=CCCC3)cccc21. The lowest BCUT2D eigenvalue weighted by molar-refractivity contribution is 0.657. The molecular weight excluding hydrogens is 318 g/mol. The number of nitrogens with zero attached hydrogens (tertiary/aromatic N) is 1. The van der Waals surface area contributed by atoms with Gasteiger partial charge >= 0.3 is 0 Å². The number of benzene rings is 1. The quantitative estimate of drug-likeness (QED) is 0.387. The van der Waals surface area contributed by atoms with Gasteiger partial charge in [0.05, 0.1) is 0 Å². The van der Waals surface area contributed by atoms with Crippen LogP contribution < -0.4 is 0 Å². The molecule has 1 aliphatic carbocycles. The first-order valence-corrected chi connectivity index (χ1v) is 12.4. The van der Waals surface area contributed by atoms with Crippen molar-refractivity contribution >= 4 is 19.1 Å². The van der Waals surface area contributed by atoms with Gasteiger partial charge in [-0.25, -0.2) is 0 Å². The number of rotatable bonds is 5. The van der Waals surface area contributed by atoms with E-state index < -0.39 is 8.24 Å². The standard InChI is InChI=1S/C23H35NSi/c1-17(2)25(18(3)4,19(5)6)24-16-15-22-21(13-10-14-23(22)24)20-11-8-7-9-12-20/h8,10-11,13-20H,7,9,12H2,1-6H3. The Morgan fingerprint density at radius 3 is 2.20 bits per heavy atom. The molecule has 2 aromatic rings. The van der Waals surface area contributed by atoms with E-state index in [0.29, 0.717) is 5.92 Å². The second-order valence-corrected chi connectivity index (χ2v) is 14.5. The predicted octanol–water partition coefficient (Wildman–Crippen LogP) is 7.49. The second kappa shape index (κ2) is 7.15. The Hall–Kier alpha value is -1.28. The van der Waals surface area contributed by atoms with E-state index in [2.05, 4.69) is 88.4 Å². The van der Waals surface area contributed by atoms with E-state index in [-0.39, 0.29) is 0 Å². The summed E-state index contributed by atoms with van der Waals surface area (Å²) in [6, 6.07) is 9.41. The Kier molecular flexibility index (Phi) is 5.29. The van der Waals surface area contributed by atoms with Crippen LogP contribution in [0.4, 0.5) is 0 Å². The summed E-state index contributed by atoms with van der Waals surface area (Å²) in [5.41, 5.74) is 5.18. The molecule has 1 aliphatic rings. The van der Waals surface area contributed by atoms with E-state index in [0.717, 1.165) is 16.6 Å². The van der Waals surface area contributed by atoms with Crippen molar-refractivity contribution in [3.8, 4) is 0 Å². The smallest absolute Gasteiger partial charge is 0.169 e. The minimum Gasteiger partial charge on any atom is -0.373 e. The first kappa shape index (κ1) is 18.5. The predicted molar refractivity (Wildman–Crippen MR) is 114 cm³/mol. The van der Waals surface area contributed by atoms with Gasteiger partial charge < -0.3 is 4.23 Å². The molecule has 0 aliphatic heterocycles. The summed E-state index contributed by atoms with van der Waals surface area (Å²) in [4.78, 5) is 0. The molecule has 1 heterocycles. The minimum atomic E-state index is -1.69. The Morgan fingerprint density at radius 1 is 0.960 bits per heavy atom. The van der Waals surface area contributed by atoms with E-state index >= 15 is 0 Å². The van der Waals surface area contributed by atoms with Gasteiger partial charge in [-0.2, -0.15) is 0 Å². The molecule has 1 nitrogen and oxygen atoms in total. The highest BCUT2D eigenvalue weighted by Gasteiger charge is 2.45. The lowest BCUT2D eigenvalue weighted by atomic mass is 9.87. The third kappa shape index (κ3) is 2.93. The van der Waals surface area contributed by atoms with E-state index in [1.165, 1.54) is 35.7 Å². The van der Waals surface area contributed by atoms with Gasteiger partial charge in [0.2, 0.25) is 0 Å². The zero-order chi connectivity index (χ0) is 18.2. The second-order valence-electron chi connectivity index (χ2n) is 8.78. The van der Waals surface area contributed by atoms with Crippen LogP contribution in [0.1, 0.15) is 72.3 Å². The Bertz CT molecular complexity index is 729. The highest BCUT2D eigenvalue weighted by molar-refractivity contribution is 6.82. The Balaban J connectivity index is 2.21. The molecule has 0 fully saturated rings. The first-order chi connectivity index (χ1) is 11.9. The van der Waals surface area contributed by atoms with Gasteiger partial charge in [-0.3, -0.25) is 0 Å². The fourth-order valence-electron chi connectivity index (χ4n) is 5.76. The third-order valence-corrected chi connectivity index (χ3v) is 13.4. The van der Waals surface area contributed by atoms with Crippen LogP contribution in [0.5, 0.6) is 0 Å². The van der Waals surface area contributed by atoms with E-state index in [1.54, 1.807) is 0 Å². The number of hydrogen-bond acceptors (Lipinski definition) is 0. The van der Waals surface area contributed by atoms with Crippen molar-refractivity contribution < 1.29 is 0 Å². The average Bonchev–Trinajstić information content (AvgIpc) is 2.99. The van der Waals surface area contributed by atoms with Crippen LogP contribution in [-0.2, 0) is 0 Å². The van der Waals surface area contributed by atoms with Crippen LogP contribution >= 0.6 is 0 Å². The molecule has 1 aromatic carbocycles. The van der Waals surface area contributed by atoms with Gasteiger partial charge in [-0.1, -0.05) is 65.8 Å². The summed E-state index contributed by atoms with van der Waals surface area (Å²) in [5.74, 6) is 0.599. The van der Waals surface area contributed by atoms with Crippen molar-refractivity contribution in [1.82, 2.24) is 4.23 Å². The number of allylic oxidation sites excluding steroid dienone is 2. The monoisotopic (exact) mass is 353 g/mol. The molecule has 2 heteroatoms. The lowest BCUT2D eigenvalue weighted by Crippen LogP contribution is -2.51. The maximum Gasteiger partial charge on any atom is 0.169 e. The molecule has 1 unspecified atom stereocenters. The van der Waals surface area contributed by atoms with Crippen molar-refractivity contribution in [1.29, 1.82) is 0 Å². The van der Waals surface area contributed by atoms with Crippen molar-refractivity contribution in [2.45, 2.75) is 83.3 Å². The lowest BCUT2D eigenvalue weighted by Gasteiger charge is -2.44. The summed E-state index contributed by atoms with van der Waals surface area (Å²) in [6.07, 6.45) is 11.1. The molecule has 0 amide bonds. The number of fused-ring (bicyclic) bond motifs is 1. The molecule has 0 saturated heterocycles. The van der Waals surface area contributed by atoms with Crippen molar-refractivity contribution in [3.63, 3.8) is 0 Å². The molecule has 0 saturated carbocycles. The van der Waals surface area contributed by atoms with Gasteiger partial charge in [0.25, 0.3) is 0 Å². The van der Waals surface area contributed by atoms with Gasteiger partial charge in [0, 0.05) is 16.8 Å². The fraction of sp³-hybridized carbons (Fsp3) is 0.565. The van der Waals surface area contributed by atoms with Crippen molar-refractivity contribution in [3.05, 3.63) is 48.2 Å². The summed E-state index contributed by atoms with van der Waals surface area (Å²) >= 11 is 0. The maximum absolute atomic E-state index is 2.75.